The van der Waals surface area contributed by atoms with E-state index < -0.39 is 0 Å². The lowest BCUT2D eigenvalue weighted by atomic mass is 9.92. The van der Waals surface area contributed by atoms with Gasteiger partial charge in [-0.1, -0.05) is 99.0 Å². The second-order valence-corrected chi connectivity index (χ2v) is 7.49. The Morgan fingerprint density at radius 3 is 2.43 bits per heavy atom. The van der Waals surface area contributed by atoms with Gasteiger partial charge < -0.3 is 0 Å². The van der Waals surface area contributed by atoms with Crippen molar-refractivity contribution < 1.29 is 0 Å². The van der Waals surface area contributed by atoms with Crippen LogP contribution in [0.1, 0.15) is 24.5 Å². The molecule has 0 N–H and O–H groups in total. The molecule has 0 unspecified atom stereocenters. The van der Waals surface area contributed by atoms with Crippen molar-refractivity contribution in [3.63, 3.8) is 0 Å². The van der Waals surface area contributed by atoms with Crippen LogP contribution in [0.15, 0.2) is 115 Å². The number of hydrogen-bond donors (Lipinski definition) is 0. The van der Waals surface area contributed by atoms with Gasteiger partial charge in [-0.3, -0.25) is 0 Å². The molecule has 150 valence electrons. The molecular weight excluding hydrogens is 428 g/mol. The van der Waals surface area contributed by atoms with E-state index in [0.29, 0.717) is 0 Å². The van der Waals surface area contributed by atoms with Crippen molar-refractivity contribution in [3.8, 4) is 24.0 Å². The van der Waals surface area contributed by atoms with Gasteiger partial charge in [0.2, 0.25) is 0 Å². The van der Waals surface area contributed by atoms with Crippen LogP contribution in [0.4, 0.5) is 0 Å². The second kappa shape index (κ2) is 11.8. The molecule has 0 nitrogen and oxygen atoms in total. The first-order valence-corrected chi connectivity index (χ1v) is 10.7. The van der Waals surface area contributed by atoms with E-state index in [9.17, 15) is 0 Å². The lowest BCUT2D eigenvalue weighted by Gasteiger charge is -2.16. The third-order valence-corrected chi connectivity index (χ3v) is 5.86. The summed E-state index contributed by atoms with van der Waals surface area (Å²) in [6, 6.07) is 17.3. The monoisotopic (exact) mass is 454 g/mol. The van der Waals surface area contributed by atoms with Crippen LogP contribution in [0.3, 0.4) is 0 Å². The van der Waals surface area contributed by atoms with E-state index in [1.807, 2.05) is 12.2 Å². The van der Waals surface area contributed by atoms with E-state index in [0.717, 1.165) is 28.5 Å². The molecule has 0 spiro atoms. The van der Waals surface area contributed by atoms with Crippen LogP contribution in [0, 0.1) is 12.8 Å². The first-order chi connectivity index (χ1) is 14.7. The summed E-state index contributed by atoms with van der Waals surface area (Å²) in [5, 5.41) is 0. The summed E-state index contributed by atoms with van der Waals surface area (Å²) in [7, 11) is 0. The van der Waals surface area contributed by atoms with Crippen LogP contribution in [0.25, 0.3) is 15.6 Å². The van der Waals surface area contributed by atoms with Gasteiger partial charge in [-0.15, -0.1) is 12.8 Å². The molecule has 0 radical (unpaired) electrons. The molecule has 0 heterocycles. The lowest BCUT2D eigenvalue weighted by molar-refractivity contribution is 1.13. The topological polar surface area (TPSA) is 0 Å². The van der Waals surface area contributed by atoms with E-state index >= 15 is 0 Å². The number of terminal acetylenes is 1. The Kier molecular flexibility index (Phi) is 9.13. The molecular formula is C29H27Br. The number of benzene rings is 2. The van der Waals surface area contributed by atoms with Crippen LogP contribution in [0.2, 0.25) is 0 Å². The Hall–Kier alpha value is -3.08. The van der Waals surface area contributed by atoms with Crippen molar-refractivity contribution in [2.45, 2.75) is 19.8 Å². The largest absolute Gasteiger partial charge is 0.124 e. The molecule has 1 aliphatic carbocycles. The van der Waals surface area contributed by atoms with Gasteiger partial charge in [0.25, 0.3) is 0 Å². The summed E-state index contributed by atoms with van der Waals surface area (Å²) in [5.74, 6) is 0. The average Bonchev–Trinajstić information content (AvgIpc) is 2.83. The highest BCUT2D eigenvalue weighted by Crippen LogP contribution is 2.36. The number of rotatable bonds is 6. The molecule has 2 aromatic carbocycles. The fourth-order valence-electron chi connectivity index (χ4n) is 3.43. The highest BCUT2D eigenvalue weighted by Gasteiger charge is 2.13. The fraction of sp³-hybridized carbons (Fsp3) is 0.103. The van der Waals surface area contributed by atoms with Gasteiger partial charge in [0.15, 0.2) is 0 Å². The highest BCUT2D eigenvalue weighted by molar-refractivity contribution is 9.15. The van der Waals surface area contributed by atoms with Crippen LogP contribution in [-0.2, 0) is 6.42 Å². The fourth-order valence-corrected chi connectivity index (χ4v) is 4.10. The molecule has 0 atom stereocenters. The van der Waals surface area contributed by atoms with Gasteiger partial charge in [0, 0.05) is 4.48 Å². The predicted octanol–water partition coefficient (Wildman–Crippen LogP) is 8.46. The Bertz CT molecular complexity index is 1040. The zero-order valence-electron chi connectivity index (χ0n) is 17.4. The number of aryl methyl sites for hydroxylation is 1. The molecule has 0 fully saturated rings. The minimum atomic E-state index is 0.909. The van der Waals surface area contributed by atoms with Crippen molar-refractivity contribution >= 4 is 20.4 Å². The highest BCUT2D eigenvalue weighted by atomic mass is 79.9. The van der Waals surface area contributed by atoms with E-state index in [-0.39, 0.29) is 0 Å². The van der Waals surface area contributed by atoms with Crippen molar-refractivity contribution in [2.24, 2.45) is 0 Å². The van der Waals surface area contributed by atoms with Crippen molar-refractivity contribution in [1.29, 1.82) is 0 Å². The zero-order chi connectivity index (χ0) is 21.9. The maximum atomic E-state index is 4.00. The van der Waals surface area contributed by atoms with Crippen molar-refractivity contribution in [3.05, 3.63) is 126 Å². The van der Waals surface area contributed by atoms with Gasteiger partial charge in [-0.05, 0) is 73.8 Å². The minimum absolute atomic E-state index is 0.909. The van der Waals surface area contributed by atoms with Crippen molar-refractivity contribution in [1.82, 2.24) is 0 Å². The standard InChI is InChI=1S/C27H25Br.C2H2/c1-4-11-20(5-2)23-14-10-15-25(19-23)27(28)26-17-16-24(18-21(26)6-3)22-12-8-7-9-13-22;1-2/h4-5,7-14,16-19H,1-2,6,15H2,3H3;1-2H/b20-11+,27-25-;. The third kappa shape index (κ3) is 5.50. The van der Waals surface area contributed by atoms with Crippen LogP contribution in [0.5, 0.6) is 0 Å². The van der Waals surface area contributed by atoms with Gasteiger partial charge in [0.05, 0.1) is 0 Å². The van der Waals surface area contributed by atoms with Gasteiger partial charge in [-0.2, -0.15) is 0 Å². The van der Waals surface area contributed by atoms with Gasteiger partial charge in [0.1, 0.15) is 0 Å². The number of allylic oxidation sites excluding steroid dienone is 9. The average molecular weight is 455 g/mol. The molecule has 1 aliphatic rings. The van der Waals surface area contributed by atoms with E-state index in [2.05, 4.69) is 116 Å². The number of hydrogen-bond acceptors (Lipinski definition) is 0. The van der Waals surface area contributed by atoms with Gasteiger partial charge in [-0.25, -0.2) is 0 Å². The molecule has 0 bridgehead atoms. The van der Waals surface area contributed by atoms with E-state index in [1.165, 1.54) is 27.8 Å². The molecule has 0 amide bonds. The SMILES string of the molecule is C#C.C=C/C=C(\C=C)C1=C/C(=C(\Br)c2ccc(-c3ccccc3)cc2CC)CC=C1. The van der Waals surface area contributed by atoms with Crippen LogP contribution in [-0.4, -0.2) is 0 Å². The predicted molar refractivity (Wildman–Crippen MR) is 137 cm³/mol. The molecule has 0 aliphatic heterocycles. The summed E-state index contributed by atoms with van der Waals surface area (Å²) in [4.78, 5) is 0. The van der Waals surface area contributed by atoms with Crippen LogP contribution < -0.4 is 0 Å². The second-order valence-electron chi connectivity index (χ2n) is 6.70. The Labute approximate surface area is 189 Å². The van der Waals surface area contributed by atoms with Crippen LogP contribution >= 0.6 is 15.9 Å². The summed E-state index contributed by atoms with van der Waals surface area (Å²) in [6.07, 6.45) is 22.2. The molecule has 1 heteroatoms. The lowest BCUT2D eigenvalue weighted by Crippen LogP contribution is -1.96. The maximum absolute atomic E-state index is 4.00. The Morgan fingerprint density at radius 2 is 1.80 bits per heavy atom. The first-order valence-electron chi connectivity index (χ1n) is 9.92. The summed E-state index contributed by atoms with van der Waals surface area (Å²) < 4.78 is 1.16. The summed E-state index contributed by atoms with van der Waals surface area (Å²) >= 11 is 3.89. The summed E-state index contributed by atoms with van der Waals surface area (Å²) in [6.45, 7) is 9.95. The molecule has 3 rings (SSSR count). The molecule has 0 aromatic heterocycles. The Morgan fingerprint density at radius 1 is 1.07 bits per heavy atom. The number of halogens is 1. The first kappa shape index (κ1) is 23.2. The molecule has 0 saturated heterocycles. The molecule has 30 heavy (non-hydrogen) atoms. The smallest absolute Gasteiger partial charge is 0.0285 e. The van der Waals surface area contributed by atoms with Gasteiger partial charge >= 0.3 is 0 Å². The zero-order valence-corrected chi connectivity index (χ0v) is 19.0. The third-order valence-electron chi connectivity index (χ3n) is 4.93. The summed E-state index contributed by atoms with van der Waals surface area (Å²) in [5.41, 5.74) is 8.63. The Balaban J connectivity index is 0.00000155. The van der Waals surface area contributed by atoms with E-state index in [4.69, 9.17) is 0 Å². The molecule has 0 saturated carbocycles. The maximum Gasteiger partial charge on any atom is 0.0285 e. The van der Waals surface area contributed by atoms with E-state index in [1.54, 1.807) is 6.08 Å². The normalized spacial score (nSPS) is 14.8. The molecule has 2 aromatic rings. The minimum Gasteiger partial charge on any atom is -0.124 e. The quantitative estimate of drug-likeness (QED) is 0.303. The van der Waals surface area contributed by atoms with Crippen molar-refractivity contribution in [2.75, 3.05) is 0 Å².